The van der Waals surface area contributed by atoms with E-state index in [0.29, 0.717) is 17.9 Å². The van der Waals surface area contributed by atoms with Crippen LogP contribution in [0.15, 0.2) is 42.6 Å². The number of nitrogens with one attached hydrogen (secondary N) is 1. The van der Waals surface area contributed by atoms with Crippen LogP contribution in [0, 0.1) is 17.2 Å². The quantitative estimate of drug-likeness (QED) is 0.765. The summed E-state index contributed by atoms with van der Waals surface area (Å²) in [6.07, 6.45) is 3.75. The van der Waals surface area contributed by atoms with Gasteiger partial charge < -0.3 is 10.1 Å². The van der Waals surface area contributed by atoms with Crippen LogP contribution in [0.1, 0.15) is 50.9 Å². The normalized spacial score (nSPS) is 18.6. The number of rotatable bonds is 6. The fourth-order valence-corrected chi connectivity index (χ4v) is 3.88. The van der Waals surface area contributed by atoms with E-state index in [0.717, 1.165) is 31.6 Å². The molecular weight excluding hydrogens is 381 g/mol. The highest BCUT2D eigenvalue weighted by Gasteiger charge is 2.33. The Morgan fingerprint density at radius 1 is 1.33 bits per heavy atom. The van der Waals surface area contributed by atoms with Crippen LogP contribution < -0.4 is 10.1 Å². The number of benzene rings is 1. The molecule has 1 aromatic carbocycles. The number of carbonyl (C=O) groups excluding carboxylic acids is 1. The van der Waals surface area contributed by atoms with Crippen LogP contribution in [0.4, 0.5) is 4.39 Å². The number of likely N-dealkylation sites (tertiary alicyclic amines) is 1. The predicted octanol–water partition coefficient (Wildman–Crippen LogP) is 4.34. The highest BCUT2D eigenvalue weighted by Crippen LogP contribution is 2.31. The second-order valence-electron chi connectivity index (χ2n) is 9.05. The van der Waals surface area contributed by atoms with Crippen molar-refractivity contribution in [2.45, 2.75) is 46.2 Å². The molecule has 0 aliphatic carbocycles. The molecule has 2 aromatic rings. The lowest BCUT2D eigenvalue weighted by Crippen LogP contribution is -2.45. The average Bonchev–Trinajstić information content (AvgIpc) is 2.73. The molecule has 0 radical (unpaired) electrons. The first-order valence-electron chi connectivity index (χ1n) is 10.5. The topological polar surface area (TPSA) is 54.5 Å². The number of piperidine rings is 1. The Hall–Kier alpha value is -2.47. The van der Waals surface area contributed by atoms with Crippen molar-refractivity contribution in [2.24, 2.45) is 11.3 Å². The van der Waals surface area contributed by atoms with Crippen molar-refractivity contribution in [1.82, 2.24) is 15.2 Å². The lowest BCUT2D eigenvalue weighted by Gasteiger charge is -2.38. The molecule has 5 nitrogen and oxygen atoms in total. The van der Waals surface area contributed by atoms with E-state index in [1.165, 1.54) is 13.2 Å². The van der Waals surface area contributed by atoms with Gasteiger partial charge in [-0.1, -0.05) is 32.9 Å². The van der Waals surface area contributed by atoms with Gasteiger partial charge in [0.25, 0.3) is 0 Å². The number of hydrogen-bond donors (Lipinski definition) is 1. The SMILES string of the molecule is COc1ccc(CN2CCC[C@@H]([C@@H](NC(=O)C(C)(C)C)c3ccccn3)C2)c(F)c1. The Labute approximate surface area is 178 Å². The summed E-state index contributed by atoms with van der Waals surface area (Å²) >= 11 is 0. The maximum atomic E-state index is 14.4. The Balaban J connectivity index is 1.76. The second-order valence-corrected chi connectivity index (χ2v) is 9.05. The van der Waals surface area contributed by atoms with Gasteiger partial charge in [0, 0.05) is 36.3 Å². The summed E-state index contributed by atoms with van der Waals surface area (Å²) in [5, 5.41) is 3.24. The molecule has 0 saturated carbocycles. The third-order valence-electron chi connectivity index (χ3n) is 5.64. The van der Waals surface area contributed by atoms with Gasteiger partial charge in [-0.05, 0) is 43.5 Å². The highest BCUT2D eigenvalue weighted by atomic mass is 19.1. The monoisotopic (exact) mass is 413 g/mol. The van der Waals surface area contributed by atoms with Gasteiger partial charge in [0.1, 0.15) is 11.6 Å². The predicted molar refractivity (Wildman–Crippen MR) is 116 cm³/mol. The molecule has 0 unspecified atom stereocenters. The lowest BCUT2D eigenvalue weighted by molar-refractivity contribution is -0.130. The van der Waals surface area contributed by atoms with E-state index in [1.54, 1.807) is 18.3 Å². The summed E-state index contributed by atoms with van der Waals surface area (Å²) in [5.74, 6) is 0.490. The summed E-state index contributed by atoms with van der Waals surface area (Å²) in [6.45, 7) is 7.96. The molecule has 1 saturated heterocycles. The number of methoxy groups -OCH3 is 1. The summed E-state index contributed by atoms with van der Waals surface area (Å²) in [6, 6.07) is 10.6. The van der Waals surface area contributed by atoms with Gasteiger partial charge >= 0.3 is 0 Å². The van der Waals surface area contributed by atoms with Crippen LogP contribution in [0.25, 0.3) is 0 Å². The number of ether oxygens (including phenoxy) is 1. The summed E-state index contributed by atoms with van der Waals surface area (Å²) < 4.78 is 19.5. The van der Waals surface area contributed by atoms with Crippen LogP contribution in [-0.2, 0) is 11.3 Å². The molecule has 3 rings (SSSR count). The Bertz CT molecular complexity index is 851. The third-order valence-corrected chi connectivity index (χ3v) is 5.64. The zero-order valence-electron chi connectivity index (χ0n) is 18.3. The first-order valence-corrected chi connectivity index (χ1v) is 10.5. The van der Waals surface area contributed by atoms with Crippen molar-refractivity contribution in [3.63, 3.8) is 0 Å². The zero-order valence-corrected chi connectivity index (χ0v) is 18.3. The van der Waals surface area contributed by atoms with E-state index < -0.39 is 5.41 Å². The van der Waals surface area contributed by atoms with Crippen LogP contribution in [-0.4, -0.2) is 36.0 Å². The van der Waals surface area contributed by atoms with Crippen LogP contribution in [0.2, 0.25) is 0 Å². The smallest absolute Gasteiger partial charge is 0.225 e. The van der Waals surface area contributed by atoms with Crippen LogP contribution >= 0.6 is 0 Å². The largest absolute Gasteiger partial charge is 0.497 e. The molecule has 1 aliphatic heterocycles. The van der Waals surface area contributed by atoms with Crippen molar-refractivity contribution >= 4 is 5.91 Å². The van der Waals surface area contributed by atoms with Crippen molar-refractivity contribution in [3.05, 3.63) is 59.7 Å². The number of hydrogen-bond acceptors (Lipinski definition) is 4. The number of pyridine rings is 1. The minimum atomic E-state index is -0.479. The van der Waals surface area contributed by atoms with E-state index in [1.807, 2.05) is 39.0 Å². The molecule has 1 amide bonds. The molecule has 30 heavy (non-hydrogen) atoms. The van der Waals surface area contributed by atoms with Gasteiger partial charge in [-0.2, -0.15) is 0 Å². The molecule has 1 fully saturated rings. The molecule has 162 valence electrons. The van der Waals surface area contributed by atoms with Crippen molar-refractivity contribution in [2.75, 3.05) is 20.2 Å². The maximum absolute atomic E-state index is 14.4. The molecule has 1 aromatic heterocycles. The number of halogens is 1. The van der Waals surface area contributed by atoms with E-state index in [9.17, 15) is 9.18 Å². The van der Waals surface area contributed by atoms with E-state index >= 15 is 0 Å². The van der Waals surface area contributed by atoms with Gasteiger partial charge in [-0.15, -0.1) is 0 Å². The summed E-state index contributed by atoms with van der Waals surface area (Å²) in [7, 11) is 1.54. The molecule has 1 aliphatic rings. The van der Waals surface area contributed by atoms with Gasteiger partial charge in [-0.3, -0.25) is 14.7 Å². The fraction of sp³-hybridized carbons (Fsp3) is 0.500. The van der Waals surface area contributed by atoms with E-state index in [2.05, 4.69) is 15.2 Å². The van der Waals surface area contributed by atoms with Gasteiger partial charge in [0.05, 0.1) is 18.8 Å². The summed E-state index contributed by atoms with van der Waals surface area (Å²) in [4.78, 5) is 19.5. The number of nitrogens with zero attached hydrogens (tertiary/aromatic N) is 2. The minimum Gasteiger partial charge on any atom is -0.497 e. The van der Waals surface area contributed by atoms with Crippen LogP contribution in [0.5, 0.6) is 5.75 Å². The molecule has 1 N–H and O–H groups in total. The molecular formula is C24H32FN3O2. The number of amides is 1. The molecule has 0 bridgehead atoms. The minimum absolute atomic E-state index is 0.0106. The first-order chi connectivity index (χ1) is 14.3. The van der Waals surface area contributed by atoms with Gasteiger partial charge in [0.2, 0.25) is 5.91 Å². The molecule has 2 atom stereocenters. The average molecular weight is 414 g/mol. The second kappa shape index (κ2) is 9.56. The molecule has 2 heterocycles. The maximum Gasteiger partial charge on any atom is 0.225 e. The van der Waals surface area contributed by atoms with Crippen molar-refractivity contribution in [3.8, 4) is 5.75 Å². The highest BCUT2D eigenvalue weighted by molar-refractivity contribution is 5.81. The number of carbonyl (C=O) groups is 1. The summed E-state index contributed by atoms with van der Waals surface area (Å²) in [5.41, 5.74) is 1.05. The molecule has 6 heteroatoms. The first kappa shape index (κ1) is 22.2. The van der Waals surface area contributed by atoms with E-state index in [4.69, 9.17) is 4.74 Å². The van der Waals surface area contributed by atoms with Crippen molar-refractivity contribution in [1.29, 1.82) is 0 Å². The fourth-order valence-electron chi connectivity index (χ4n) is 3.88. The Kier molecular flexibility index (Phi) is 7.08. The Morgan fingerprint density at radius 2 is 2.13 bits per heavy atom. The van der Waals surface area contributed by atoms with Crippen molar-refractivity contribution < 1.29 is 13.9 Å². The zero-order chi connectivity index (χ0) is 21.7. The lowest BCUT2D eigenvalue weighted by atomic mass is 9.86. The number of aromatic nitrogens is 1. The standard InChI is InChI=1S/C24H32FN3O2/c1-24(2,3)23(29)27-22(21-9-5-6-12-26-21)18-8-7-13-28(16-18)15-17-10-11-19(30-4)14-20(17)25/h5-6,9-12,14,18,22H,7-8,13,15-16H2,1-4H3,(H,27,29)/t18-,22-/m1/s1. The van der Waals surface area contributed by atoms with Crippen LogP contribution in [0.3, 0.4) is 0 Å². The third kappa shape index (κ3) is 5.57. The Morgan fingerprint density at radius 3 is 2.77 bits per heavy atom. The van der Waals surface area contributed by atoms with Gasteiger partial charge in [-0.25, -0.2) is 4.39 Å². The van der Waals surface area contributed by atoms with E-state index in [-0.39, 0.29) is 23.7 Å². The van der Waals surface area contributed by atoms with Gasteiger partial charge in [0.15, 0.2) is 0 Å². The molecule has 0 spiro atoms.